The molecule has 1 aliphatic rings. The van der Waals surface area contributed by atoms with Crippen molar-refractivity contribution in [3.63, 3.8) is 0 Å². The van der Waals surface area contributed by atoms with Crippen LogP contribution >= 0.6 is 0 Å². The molecule has 5 aromatic rings. The van der Waals surface area contributed by atoms with Crippen molar-refractivity contribution >= 4 is 10.9 Å². The van der Waals surface area contributed by atoms with Gasteiger partial charge in [0.15, 0.2) is 5.82 Å². The van der Waals surface area contributed by atoms with Gasteiger partial charge in [-0.05, 0) is 71.3 Å². The Morgan fingerprint density at radius 2 is 2.15 bits per heavy atom. The summed E-state index contributed by atoms with van der Waals surface area (Å²) in [7, 11) is 1.62. The van der Waals surface area contributed by atoms with Crippen molar-refractivity contribution in [2.75, 3.05) is 13.7 Å². The van der Waals surface area contributed by atoms with Gasteiger partial charge in [0.05, 0.1) is 32.6 Å². The van der Waals surface area contributed by atoms with Crippen LogP contribution in [0.25, 0.3) is 10.9 Å². The van der Waals surface area contributed by atoms with E-state index in [0.29, 0.717) is 42.3 Å². The van der Waals surface area contributed by atoms with E-state index in [2.05, 4.69) is 30.4 Å². The lowest BCUT2D eigenvalue weighted by atomic mass is 10.0. The van der Waals surface area contributed by atoms with Gasteiger partial charge in [0.1, 0.15) is 17.6 Å². The smallest absolute Gasteiger partial charge is 0.253 e. The average Bonchev–Trinajstić information content (AvgIpc) is 3.75. The van der Waals surface area contributed by atoms with E-state index in [9.17, 15) is 4.79 Å². The number of ether oxygens (including phenoxy) is 2. The number of methoxy groups -OCH3 is 1. The van der Waals surface area contributed by atoms with Gasteiger partial charge >= 0.3 is 0 Å². The van der Waals surface area contributed by atoms with Crippen LogP contribution in [0.3, 0.4) is 0 Å². The minimum absolute atomic E-state index is 0.0175. The number of aromatic nitrogens is 6. The van der Waals surface area contributed by atoms with Gasteiger partial charge in [-0.15, -0.1) is 5.10 Å². The second-order valence-corrected chi connectivity index (χ2v) is 9.61. The summed E-state index contributed by atoms with van der Waals surface area (Å²) in [5, 5.41) is 13.6. The van der Waals surface area contributed by atoms with E-state index >= 15 is 0 Å². The highest BCUT2D eigenvalue weighted by molar-refractivity contribution is 5.80. The zero-order chi connectivity index (χ0) is 26.6. The number of fused-ring (bicyclic) bond motifs is 1. The van der Waals surface area contributed by atoms with Crippen LogP contribution < -0.4 is 10.3 Å². The standard InChI is InChI=1S/C28H29N7O4/c1-37-21-8-9-25-20(13-21)14-24(28(36)30-25)26(27-31-32-33-35(27)18-23-7-4-12-39-23)34(17-22-6-3-11-38-22)16-19-5-2-10-29-15-19/h2-3,5-6,8-11,13-15,23,26H,4,7,12,16-18H2,1H3,(H,30,36)/t23-,26+/m1/s1. The van der Waals surface area contributed by atoms with Crippen molar-refractivity contribution in [2.24, 2.45) is 0 Å². The topological polar surface area (TPSA) is 124 Å². The summed E-state index contributed by atoms with van der Waals surface area (Å²) >= 11 is 0. The van der Waals surface area contributed by atoms with Crippen LogP contribution in [0.5, 0.6) is 5.75 Å². The van der Waals surface area contributed by atoms with Crippen LogP contribution in [-0.2, 0) is 24.4 Å². The summed E-state index contributed by atoms with van der Waals surface area (Å²) < 4.78 is 18.8. The largest absolute Gasteiger partial charge is 0.497 e. The summed E-state index contributed by atoms with van der Waals surface area (Å²) in [5.41, 5.74) is 1.98. The van der Waals surface area contributed by atoms with Crippen molar-refractivity contribution in [3.8, 4) is 5.75 Å². The summed E-state index contributed by atoms with van der Waals surface area (Å²) in [5.74, 6) is 2.00. The van der Waals surface area contributed by atoms with Crippen LogP contribution in [0.1, 0.15) is 41.6 Å². The second kappa shape index (κ2) is 11.2. The lowest BCUT2D eigenvalue weighted by Crippen LogP contribution is -2.35. The van der Waals surface area contributed by atoms with E-state index in [1.807, 2.05) is 54.7 Å². The van der Waals surface area contributed by atoms with E-state index in [1.54, 1.807) is 24.3 Å². The average molecular weight is 528 g/mol. The number of tetrazole rings is 1. The van der Waals surface area contributed by atoms with Crippen molar-refractivity contribution in [3.05, 3.63) is 100 Å². The molecule has 1 fully saturated rings. The number of hydrogen-bond donors (Lipinski definition) is 1. The number of benzene rings is 1. The maximum absolute atomic E-state index is 13.7. The van der Waals surface area contributed by atoms with Gasteiger partial charge in [0, 0.05) is 42.0 Å². The molecule has 39 heavy (non-hydrogen) atoms. The van der Waals surface area contributed by atoms with E-state index in [0.717, 1.165) is 36.2 Å². The van der Waals surface area contributed by atoms with Crippen molar-refractivity contribution < 1.29 is 13.9 Å². The molecule has 1 aromatic carbocycles. The third-order valence-electron chi connectivity index (χ3n) is 6.99. The highest BCUT2D eigenvalue weighted by atomic mass is 16.5. The maximum atomic E-state index is 13.7. The van der Waals surface area contributed by atoms with Crippen LogP contribution in [0.15, 0.2) is 76.4 Å². The Balaban J connectivity index is 1.50. The lowest BCUT2D eigenvalue weighted by molar-refractivity contribution is 0.0901. The number of hydrogen-bond acceptors (Lipinski definition) is 9. The fourth-order valence-electron chi connectivity index (χ4n) is 5.12. The zero-order valence-electron chi connectivity index (χ0n) is 21.6. The minimum atomic E-state index is -0.605. The van der Waals surface area contributed by atoms with Gasteiger partial charge in [-0.3, -0.25) is 14.7 Å². The molecule has 0 amide bonds. The van der Waals surface area contributed by atoms with Crippen molar-refractivity contribution in [1.29, 1.82) is 0 Å². The number of H-pyrrole nitrogens is 1. The van der Waals surface area contributed by atoms with Crippen molar-refractivity contribution in [2.45, 2.75) is 44.6 Å². The summed E-state index contributed by atoms with van der Waals surface area (Å²) in [6, 6.07) is 14.5. The van der Waals surface area contributed by atoms with Crippen LogP contribution in [0.2, 0.25) is 0 Å². The van der Waals surface area contributed by atoms with Crippen LogP contribution in [0, 0.1) is 0 Å². The highest BCUT2D eigenvalue weighted by Crippen LogP contribution is 2.31. The van der Waals surface area contributed by atoms with Gasteiger partial charge in [-0.1, -0.05) is 6.07 Å². The fraction of sp³-hybridized carbons (Fsp3) is 0.321. The Morgan fingerprint density at radius 1 is 1.21 bits per heavy atom. The molecule has 11 nitrogen and oxygen atoms in total. The van der Waals surface area contributed by atoms with E-state index in [4.69, 9.17) is 13.9 Å². The first kappa shape index (κ1) is 25.0. The molecule has 0 saturated carbocycles. The first-order chi connectivity index (χ1) is 19.2. The monoisotopic (exact) mass is 527 g/mol. The SMILES string of the molecule is COc1ccc2[nH]c(=O)c([C@@H](c3nnnn3C[C@H]3CCCO3)N(Cc3cccnc3)Cc3ccco3)cc2c1. The van der Waals surface area contributed by atoms with Gasteiger partial charge in [0.25, 0.3) is 5.56 Å². The third kappa shape index (κ3) is 5.45. The summed E-state index contributed by atoms with van der Waals surface area (Å²) in [4.78, 5) is 23.2. The quantitative estimate of drug-likeness (QED) is 0.291. The Labute approximate surface area is 224 Å². The Morgan fingerprint density at radius 3 is 2.92 bits per heavy atom. The number of aromatic amines is 1. The molecule has 0 unspecified atom stereocenters. The van der Waals surface area contributed by atoms with E-state index < -0.39 is 6.04 Å². The normalized spacial score (nSPS) is 16.2. The summed E-state index contributed by atoms with van der Waals surface area (Å²) in [6.45, 7) is 2.11. The molecule has 200 valence electrons. The van der Waals surface area contributed by atoms with Gasteiger partial charge < -0.3 is 18.9 Å². The molecule has 1 aliphatic heterocycles. The molecule has 0 radical (unpaired) electrons. The maximum Gasteiger partial charge on any atom is 0.253 e. The first-order valence-electron chi connectivity index (χ1n) is 12.9. The molecule has 6 rings (SSSR count). The third-order valence-corrected chi connectivity index (χ3v) is 6.99. The predicted octanol–water partition coefficient (Wildman–Crippen LogP) is 3.48. The number of rotatable bonds is 10. The molecule has 11 heteroatoms. The predicted molar refractivity (Wildman–Crippen MR) is 142 cm³/mol. The molecular weight excluding hydrogens is 498 g/mol. The molecule has 0 aliphatic carbocycles. The van der Waals surface area contributed by atoms with Crippen LogP contribution in [-0.4, -0.2) is 54.9 Å². The Hall–Kier alpha value is -4.35. The molecule has 0 spiro atoms. The van der Waals surface area contributed by atoms with Gasteiger partial charge in [-0.2, -0.15) is 0 Å². The van der Waals surface area contributed by atoms with Gasteiger partial charge in [0.2, 0.25) is 0 Å². The van der Waals surface area contributed by atoms with E-state index in [1.165, 1.54) is 0 Å². The highest BCUT2D eigenvalue weighted by Gasteiger charge is 2.32. The lowest BCUT2D eigenvalue weighted by Gasteiger charge is -2.30. The van der Waals surface area contributed by atoms with Gasteiger partial charge in [-0.25, -0.2) is 4.68 Å². The second-order valence-electron chi connectivity index (χ2n) is 9.61. The zero-order valence-corrected chi connectivity index (χ0v) is 21.6. The molecule has 1 saturated heterocycles. The molecule has 2 atom stereocenters. The molecule has 1 N–H and O–H groups in total. The molecular formula is C28H29N7O4. The minimum Gasteiger partial charge on any atom is -0.497 e. The Bertz CT molecular complexity index is 1580. The molecule has 0 bridgehead atoms. The molecule has 4 aromatic heterocycles. The summed E-state index contributed by atoms with van der Waals surface area (Å²) in [6.07, 6.45) is 7.15. The number of nitrogens with zero attached hydrogens (tertiary/aromatic N) is 6. The van der Waals surface area contributed by atoms with E-state index in [-0.39, 0.29) is 11.7 Å². The first-order valence-corrected chi connectivity index (χ1v) is 12.9. The van der Waals surface area contributed by atoms with Crippen LogP contribution in [0.4, 0.5) is 0 Å². The number of furan rings is 1. The fourth-order valence-corrected chi connectivity index (χ4v) is 5.12. The molecule has 5 heterocycles. The number of nitrogens with one attached hydrogen (secondary N) is 1. The number of pyridine rings is 2. The Kier molecular flexibility index (Phi) is 7.15. The van der Waals surface area contributed by atoms with Crippen molar-refractivity contribution in [1.82, 2.24) is 35.1 Å².